The van der Waals surface area contributed by atoms with E-state index in [9.17, 15) is 9.18 Å². The summed E-state index contributed by atoms with van der Waals surface area (Å²) in [6.07, 6.45) is 0. The summed E-state index contributed by atoms with van der Waals surface area (Å²) >= 11 is 0. The second kappa shape index (κ2) is 10.3. The average molecular weight is 458 g/mol. The molecule has 1 heterocycles. The van der Waals surface area contributed by atoms with E-state index in [4.69, 9.17) is 9.84 Å². The van der Waals surface area contributed by atoms with Crippen molar-refractivity contribution in [1.29, 1.82) is 0 Å². The summed E-state index contributed by atoms with van der Waals surface area (Å²) in [5.74, 6) is 0.222. The number of rotatable bonds is 8. The maximum atomic E-state index is 14.4. The van der Waals surface area contributed by atoms with Gasteiger partial charge in [0.05, 0.1) is 12.1 Å². The van der Waals surface area contributed by atoms with Gasteiger partial charge in [0.2, 0.25) is 5.88 Å². The molecule has 174 valence electrons. The molecule has 6 heteroatoms. The van der Waals surface area contributed by atoms with Crippen molar-refractivity contribution in [3.63, 3.8) is 0 Å². The van der Waals surface area contributed by atoms with Crippen LogP contribution in [0.15, 0.2) is 84.9 Å². The van der Waals surface area contributed by atoms with Gasteiger partial charge in [0.15, 0.2) is 11.6 Å². The Labute approximate surface area is 199 Å². The first kappa shape index (κ1) is 23.2. The van der Waals surface area contributed by atoms with Crippen molar-refractivity contribution in [3.05, 3.63) is 102 Å². The zero-order chi connectivity index (χ0) is 24.1. The van der Waals surface area contributed by atoms with Crippen LogP contribution in [0.3, 0.4) is 0 Å². The molecule has 4 rings (SSSR count). The Hall–Kier alpha value is -3.93. The van der Waals surface area contributed by atoms with Gasteiger partial charge in [-0.05, 0) is 30.2 Å². The third-order valence-corrected chi connectivity index (χ3v) is 5.42. The van der Waals surface area contributed by atoms with Gasteiger partial charge in [0.1, 0.15) is 5.69 Å². The lowest BCUT2D eigenvalue weighted by Crippen LogP contribution is -2.34. The van der Waals surface area contributed by atoms with Crippen molar-refractivity contribution in [1.82, 2.24) is 14.7 Å². The van der Waals surface area contributed by atoms with E-state index in [-0.39, 0.29) is 24.1 Å². The lowest BCUT2D eigenvalue weighted by molar-refractivity contribution is 0.0722. The molecule has 5 nitrogen and oxygen atoms in total. The highest BCUT2D eigenvalue weighted by molar-refractivity contribution is 5.94. The van der Waals surface area contributed by atoms with E-state index in [1.807, 2.05) is 60.7 Å². The van der Waals surface area contributed by atoms with Gasteiger partial charge in [0, 0.05) is 24.7 Å². The zero-order valence-corrected chi connectivity index (χ0v) is 19.6. The number of hydrogen-bond acceptors (Lipinski definition) is 3. The number of amides is 1. The molecule has 34 heavy (non-hydrogen) atoms. The number of hydrogen-bond donors (Lipinski definition) is 0. The third kappa shape index (κ3) is 5.17. The summed E-state index contributed by atoms with van der Waals surface area (Å²) in [6.45, 7) is 4.97. The van der Waals surface area contributed by atoms with Crippen LogP contribution >= 0.6 is 0 Å². The molecule has 1 amide bonds. The molecule has 0 fully saturated rings. The second-order valence-corrected chi connectivity index (χ2v) is 8.60. The van der Waals surface area contributed by atoms with E-state index in [1.54, 1.807) is 34.8 Å². The Bertz CT molecular complexity index is 1250. The molecule has 3 aromatic carbocycles. The number of aromatic nitrogens is 2. The van der Waals surface area contributed by atoms with Crippen LogP contribution < -0.4 is 4.74 Å². The molecule has 0 spiro atoms. The maximum Gasteiger partial charge on any atom is 0.254 e. The minimum Gasteiger partial charge on any atom is -0.436 e. The fourth-order valence-corrected chi connectivity index (χ4v) is 3.90. The molecule has 0 saturated heterocycles. The molecule has 0 bridgehead atoms. The van der Waals surface area contributed by atoms with Crippen LogP contribution in [0.4, 0.5) is 4.39 Å². The maximum absolute atomic E-state index is 14.4. The summed E-state index contributed by atoms with van der Waals surface area (Å²) in [4.78, 5) is 15.3. The predicted molar refractivity (Wildman–Crippen MR) is 131 cm³/mol. The highest BCUT2D eigenvalue weighted by Gasteiger charge is 2.26. The third-order valence-electron chi connectivity index (χ3n) is 5.42. The molecular formula is C28H28FN3O2. The minimum atomic E-state index is -0.463. The van der Waals surface area contributed by atoms with Gasteiger partial charge in [0.25, 0.3) is 5.91 Å². The van der Waals surface area contributed by atoms with Crippen LogP contribution in [-0.2, 0) is 13.6 Å². The normalized spacial score (nSPS) is 11.0. The summed E-state index contributed by atoms with van der Waals surface area (Å²) in [7, 11) is 1.76. The van der Waals surface area contributed by atoms with Crippen molar-refractivity contribution in [2.24, 2.45) is 13.0 Å². The minimum absolute atomic E-state index is 0.0750. The SMILES string of the molecule is CC(C)CN(Cc1c(-c2ccccc2)nn(C)c1Oc1ccccc1F)C(=O)c1ccccc1. The van der Waals surface area contributed by atoms with Crippen LogP contribution in [0.5, 0.6) is 11.6 Å². The molecule has 1 aromatic heterocycles. The highest BCUT2D eigenvalue weighted by Crippen LogP contribution is 2.35. The smallest absolute Gasteiger partial charge is 0.254 e. The number of para-hydroxylation sites is 1. The fourth-order valence-electron chi connectivity index (χ4n) is 3.90. The Kier molecular flexibility index (Phi) is 7.07. The summed E-state index contributed by atoms with van der Waals surface area (Å²) in [6, 6.07) is 25.2. The van der Waals surface area contributed by atoms with E-state index in [0.717, 1.165) is 11.1 Å². The fraction of sp³-hybridized carbons (Fsp3) is 0.214. The van der Waals surface area contributed by atoms with Crippen molar-refractivity contribution < 1.29 is 13.9 Å². The molecule has 4 aromatic rings. The van der Waals surface area contributed by atoms with E-state index in [2.05, 4.69) is 13.8 Å². The topological polar surface area (TPSA) is 47.4 Å². The number of carbonyl (C=O) groups is 1. The predicted octanol–water partition coefficient (Wildman–Crippen LogP) is 6.32. The highest BCUT2D eigenvalue weighted by atomic mass is 19.1. The molecule has 0 aliphatic rings. The molecule has 0 radical (unpaired) electrons. The molecule has 0 saturated carbocycles. The second-order valence-electron chi connectivity index (χ2n) is 8.60. The van der Waals surface area contributed by atoms with Gasteiger partial charge in [-0.2, -0.15) is 5.10 Å². The Balaban J connectivity index is 1.79. The molecule has 0 atom stereocenters. The number of aryl methyl sites for hydroxylation is 1. The largest absolute Gasteiger partial charge is 0.436 e. The van der Waals surface area contributed by atoms with Gasteiger partial charge in [-0.25, -0.2) is 9.07 Å². The van der Waals surface area contributed by atoms with Crippen LogP contribution in [-0.4, -0.2) is 27.1 Å². The number of benzene rings is 3. The van der Waals surface area contributed by atoms with Gasteiger partial charge in [-0.1, -0.05) is 74.5 Å². The average Bonchev–Trinajstić information content (AvgIpc) is 3.15. The van der Waals surface area contributed by atoms with Gasteiger partial charge >= 0.3 is 0 Å². The van der Waals surface area contributed by atoms with Crippen molar-refractivity contribution in [3.8, 4) is 22.9 Å². The van der Waals surface area contributed by atoms with Crippen LogP contribution in [0.1, 0.15) is 29.8 Å². The quantitative estimate of drug-likeness (QED) is 0.311. The van der Waals surface area contributed by atoms with Crippen LogP contribution in [0.25, 0.3) is 11.3 Å². The molecule has 0 aliphatic heterocycles. The first-order chi connectivity index (χ1) is 16.4. The zero-order valence-electron chi connectivity index (χ0n) is 19.6. The molecule has 0 aliphatic carbocycles. The lowest BCUT2D eigenvalue weighted by Gasteiger charge is -2.25. The summed E-state index contributed by atoms with van der Waals surface area (Å²) in [5, 5.41) is 4.70. The van der Waals surface area contributed by atoms with E-state index < -0.39 is 5.82 Å². The first-order valence-electron chi connectivity index (χ1n) is 11.3. The Morgan fingerprint density at radius 1 is 0.971 bits per heavy atom. The number of nitrogens with zero attached hydrogens (tertiary/aromatic N) is 3. The molecule has 0 unspecified atom stereocenters. The van der Waals surface area contributed by atoms with Crippen LogP contribution in [0.2, 0.25) is 0 Å². The lowest BCUT2D eigenvalue weighted by atomic mass is 10.1. The summed E-state index contributed by atoms with van der Waals surface area (Å²) < 4.78 is 22.1. The number of halogens is 1. The Morgan fingerprint density at radius 2 is 1.59 bits per heavy atom. The first-order valence-corrected chi connectivity index (χ1v) is 11.3. The van der Waals surface area contributed by atoms with Gasteiger partial charge in [-0.3, -0.25) is 4.79 Å². The van der Waals surface area contributed by atoms with Crippen LogP contribution in [0, 0.1) is 11.7 Å². The van der Waals surface area contributed by atoms with E-state index >= 15 is 0 Å². The number of ether oxygens (including phenoxy) is 1. The van der Waals surface area contributed by atoms with Crippen molar-refractivity contribution in [2.75, 3.05) is 6.54 Å². The van der Waals surface area contributed by atoms with Gasteiger partial charge < -0.3 is 9.64 Å². The number of carbonyl (C=O) groups excluding carboxylic acids is 1. The molecule has 0 N–H and O–H groups in total. The van der Waals surface area contributed by atoms with E-state index in [1.165, 1.54) is 6.07 Å². The monoisotopic (exact) mass is 457 g/mol. The van der Waals surface area contributed by atoms with E-state index in [0.29, 0.717) is 23.7 Å². The Morgan fingerprint density at radius 3 is 2.24 bits per heavy atom. The van der Waals surface area contributed by atoms with Crippen molar-refractivity contribution >= 4 is 5.91 Å². The summed E-state index contributed by atoms with van der Waals surface area (Å²) in [5.41, 5.74) is 2.93. The van der Waals surface area contributed by atoms with Gasteiger partial charge in [-0.15, -0.1) is 0 Å². The standard InChI is InChI=1S/C28H28FN3O2/c1-20(2)18-32(27(33)22-14-8-5-9-15-22)19-23-26(21-12-6-4-7-13-21)30-31(3)28(23)34-25-17-11-10-16-24(25)29/h4-17,20H,18-19H2,1-3H3. The molecular weight excluding hydrogens is 429 g/mol. The van der Waals surface area contributed by atoms with Crippen molar-refractivity contribution in [2.45, 2.75) is 20.4 Å².